The predicted octanol–water partition coefficient (Wildman–Crippen LogP) is 2.11. The zero-order chi connectivity index (χ0) is 14.9. The third kappa shape index (κ3) is 2.59. The number of hydrogen-bond donors (Lipinski definition) is 1. The molecule has 0 aromatic carbocycles. The first kappa shape index (κ1) is 15.0. The second kappa shape index (κ2) is 5.56. The summed E-state index contributed by atoms with van der Waals surface area (Å²) in [6.45, 7) is 8.71. The first-order chi connectivity index (χ1) is 9.39. The van der Waals surface area contributed by atoms with E-state index in [4.69, 9.17) is 0 Å². The zero-order valence-electron chi connectivity index (χ0n) is 12.9. The van der Waals surface area contributed by atoms with Gasteiger partial charge in [0.1, 0.15) is 0 Å². The molecule has 0 spiro atoms. The monoisotopic (exact) mass is 279 g/mol. The maximum atomic E-state index is 11.5. The van der Waals surface area contributed by atoms with Crippen molar-refractivity contribution in [1.82, 2.24) is 14.7 Å². The number of aromatic nitrogens is 2. The first-order valence-corrected chi connectivity index (χ1v) is 7.34. The van der Waals surface area contributed by atoms with Crippen molar-refractivity contribution >= 4 is 5.97 Å². The van der Waals surface area contributed by atoms with Gasteiger partial charge in [0.15, 0.2) is 0 Å². The topological polar surface area (TPSA) is 58.4 Å². The lowest BCUT2D eigenvalue weighted by Crippen LogP contribution is -2.43. The lowest BCUT2D eigenvalue weighted by Gasteiger charge is -2.38. The number of aryl methyl sites for hydroxylation is 2. The van der Waals surface area contributed by atoms with E-state index in [-0.39, 0.29) is 0 Å². The first-order valence-electron chi connectivity index (χ1n) is 7.34. The number of hydrogen-bond acceptors (Lipinski definition) is 3. The number of piperidine rings is 1. The maximum Gasteiger partial charge on any atom is 0.309 e. The van der Waals surface area contributed by atoms with E-state index in [0.717, 1.165) is 44.6 Å². The van der Waals surface area contributed by atoms with Crippen molar-refractivity contribution in [1.29, 1.82) is 0 Å². The van der Waals surface area contributed by atoms with Gasteiger partial charge in [-0.05, 0) is 46.2 Å². The van der Waals surface area contributed by atoms with Crippen LogP contribution in [0.5, 0.6) is 0 Å². The van der Waals surface area contributed by atoms with Gasteiger partial charge in [-0.15, -0.1) is 0 Å². The summed E-state index contributed by atoms with van der Waals surface area (Å²) >= 11 is 0. The summed E-state index contributed by atoms with van der Waals surface area (Å²) in [6.07, 6.45) is 2.22. The molecule has 1 N–H and O–H groups in total. The number of nitrogens with zero attached hydrogens (tertiary/aromatic N) is 3. The number of aliphatic carboxylic acids is 1. The van der Waals surface area contributed by atoms with E-state index in [1.165, 1.54) is 11.3 Å². The van der Waals surface area contributed by atoms with Crippen LogP contribution in [0.3, 0.4) is 0 Å². The SMILES string of the molecule is CCC1(C(=O)O)CCN(Cc2c(C)nn(C)c2C)CC1. The molecule has 0 saturated carbocycles. The van der Waals surface area contributed by atoms with Crippen LogP contribution in [0.25, 0.3) is 0 Å². The van der Waals surface area contributed by atoms with Crippen LogP contribution < -0.4 is 0 Å². The Morgan fingerprint density at radius 2 is 1.95 bits per heavy atom. The second-order valence-corrected chi connectivity index (χ2v) is 5.99. The highest BCUT2D eigenvalue weighted by Gasteiger charge is 2.39. The van der Waals surface area contributed by atoms with Crippen molar-refractivity contribution < 1.29 is 9.90 Å². The fourth-order valence-corrected chi connectivity index (χ4v) is 3.13. The fourth-order valence-electron chi connectivity index (χ4n) is 3.13. The highest BCUT2D eigenvalue weighted by Crippen LogP contribution is 2.35. The Morgan fingerprint density at radius 1 is 1.35 bits per heavy atom. The van der Waals surface area contributed by atoms with Crippen LogP contribution >= 0.6 is 0 Å². The summed E-state index contributed by atoms with van der Waals surface area (Å²) in [5, 5.41) is 13.9. The van der Waals surface area contributed by atoms with Gasteiger partial charge in [-0.25, -0.2) is 0 Å². The average Bonchev–Trinajstić information content (AvgIpc) is 2.66. The van der Waals surface area contributed by atoms with Crippen LogP contribution in [0.2, 0.25) is 0 Å². The number of rotatable bonds is 4. The third-order valence-electron chi connectivity index (χ3n) is 4.98. The molecule has 1 fully saturated rings. The van der Waals surface area contributed by atoms with Gasteiger partial charge in [-0.2, -0.15) is 5.10 Å². The summed E-state index contributed by atoms with van der Waals surface area (Å²) in [5.74, 6) is -0.631. The van der Waals surface area contributed by atoms with E-state index < -0.39 is 11.4 Å². The van der Waals surface area contributed by atoms with E-state index in [1.54, 1.807) is 0 Å². The lowest BCUT2D eigenvalue weighted by molar-refractivity contribution is -0.152. The summed E-state index contributed by atoms with van der Waals surface area (Å²) in [4.78, 5) is 13.8. The largest absolute Gasteiger partial charge is 0.481 e. The lowest BCUT2D eigenvalue weighted by atomic mass is 9.76. The van der Waals surface area contributed by atoms with Gasteiger partial charge in [0, 0.05) is 24.8 Å². The van der Waals surface area contributed by atoms with E-state index >= 15 is 0 Å². The van der Waals surface area contributed by atoms with Crippen molar-refractivity contribution in [3.63, 3.8) is 0 Å². The predicted molar refractivity (Wildman–Crippen MR) is 77.6 cm³/mol. The summed E-state index contributed by atoms with van der Waals surface area (Å²) in [6, 6.07) is 0. The van der Waals surface area contributed by atoms with Crippen molar-refractivity contribution in [2.24, 2.45) is 12.5 Å². The van der Waals surface area contributed by atoms with Gasteiger partial charge in [-0.1, -0.05) is 6.92 Å². The molecule has 112 valence electrons. The highest BCUT2D eigenvalue weighted by molar-refractivity contribution is 5.74. The third-order valence-corrected chi connectivity index (χ3v) is 4.98. The molecule has 0 amide bonds. The maximum absolute atomic E-state index is 11.5. The normalized spacial score (nSPS) is 19.2. The number of likely N-dealkylation sites (tertiary alicyclic amines) is 1. The quantitative estimate of drug-likeness (QED) is 0.917. The molecule has 2 rings (SSSR count). The standard InChI is InChI=1S/C15H25N3O2/c1-5-15(14(19)20)6-8-18(9-7-15)10-13-11(2)16-17(4)12(13)3/h5-10H2,1-4H3,(H,19,20). The van der Waals surface area contributed by atoms with E-state index in [2.05, 4.69) is 16.9 Å². The Labute approximate surface area is 120 Å². The average molecular weight is 279 g/mol. The molecule has 1 saturated heterocycles. The number of carboxylic acid groups (broad SMARTS) is 1. The van der Waals surface area contributed by atoms with Gasteiger partial charge >= 0.3 is 5.97 Å². The summed E-state index contributed by atoms with van der Waals surface area (Å²) in [7, 11) is 1.97. The summed E-state index contributed by atoms with van der Waals surface area (Å²) < 4.78 is 1.92. The smallest absolute Gasteiger partial charge is 0.309 e. The van der Waals surface area contributed by atoms with Crippen LogP contribution in [0, 0.1) is 19.3 Å². The minimum atomic E-state index is -0.631. The molecule has 2 heterocycles. The molecule has 0 bridgehead atoms. The van der Waals surface area contributed by atoms with Gasteiger partial charge < -0.3 is 5.11 Å². The van der Waals surface area contributed by atoms with Gasteiger partial charge in [-0.3, -0.25) is 14.4 Å². The van der Waals surface area contributed by atoms with Crippen LogP contribution in [-0.4, -0.2) is 38.8 Å². The molecular weight excluding hydrogens is 254 g/mol. The molecule has 0 atom stereocenters. The summed E-state index contributed by atoms with van der Waals surface area (Å²) in [5.41, 5.74) is 3.06. The van der Waals surface area contributed by atoms with Gasteiger partial charge in [0.05, 0.1) is 11.1 Å². The minimum absolute atomic E-state index is 0.504. The van der Waals surface area contributed by atoms with Crippen LogP contribution in [0.15, 0.2) is 0 Å². The minimum Gasteiger partial charge on any atom is -0.481 e. The molecule has 1 aliphatic rings. The Kier molecular flexibility index (Phi) is 4.18. The molecular formula is C15H25N3O2. The Morgan fingerprint density at radius 3 is 2.35 bits per heavy atom. The molecule has 20 heavy (non-hydrogen) atoms. The molecule has 0 aliphatic carbocycles. The Hall–Kier alpha value is -1.36. The van der Waals surface area contributed by atoms with Crippen molar-refractivity contribution in [2.45, 2.75) is 46.6 Å². The van der Waals surface area contributed by atoms with Crippen LogP contribution in [-0.2, 0) is 18.4 Å². The molecule has 1 aromatic heterocycles. The van der Waals surface area contributed by atoms with Crippen molar-refractivity contribution in [2.75, 3.05) is 13.1 Å². The van der Waals surface area contributed by atoms with Gasteiger partial charge in [0.25, 0.3) is 0 Å². The molecule has 0 radical (unpaired) electrons. The molecule has 5 nitrogen and oxygen atoms in total. The zero-order valence-corrected chi connectivity index (χ0v) is 12.9. The highest BCUT2D eigenvalue weighted by atomic mass is 16.4. The van der Waals surface area contributed by atoms with Crippen molar-refractivity contribution in [3.05, 3.63) is 17.0 Å². The Bertz CT molecular complexity index is 499. The van der Waals surface area contributed by atoms with E-state index in [1.807, 2.05) is 25.6 Å². The van der Waals surface area contributed by atoms with E-state index in [0.29, 0.717) is 0 Å². The molecule has 1 aliphatic heterocycles. The molecule has 0 unspecified atom stereocenters. The van der Waals surface area contributed by atoms with Crippen LogP contribution in [0.1, 0.15) is 43.1 Å². The Balaban J connectivity index is 2.03. The molecule has 5 heteroatoms. The number of carboxylic acids is 1. The molecule has 1 aromatic rings. The van der Waals surface area contributed by atoms with Gasteiger partial charge in [0.2, 0.25) is 0 Å². The number of carbonyl (C=O) groups is 1. The second-order valence-electron chi connectivity index (χ2n) is 5.99. The van der Waals surface area contributed by atoms with Crippen molar-refractivity contribution in [3.8, 4) is 0 Å². The fraction of sp³-hybridized carbons (Fsp3) is 0.733. The van der Waals surface area contributed by atoms with Crippen LogP contribution in [0.4, 0.5) is 0 Å². The van der Waals surface area contributed by atoms with E-state index in [9.17, 15) is 9.90 Å².